The number of hydrogen-bond acceptors (Lipinski definition) is 2. The molecule has 2 aromatic carbocycles. The molecule has 1 aliphatic rings. The van der Waals surface area contributed by atoms with Crippen LogP contribution < -0.4 is 10.2 Å². The van der Waals surface area contributed by atoms with Gasteiger partial charge in [0.15, 0.2) is 0 Å². The molecule has 150 valence electrons. The van der Waals surface area contributed by atoms with E-state index in [1.54, 1.807) is 12.1 Å². The highest BCUT2D eigenvalue weighted by atomic mass is 19.1. The minimum Gasteiger partial charge on any atom is -0.368 e. The van der Waals surface area contributed by atoms with Gasteiger partial charge in [0.05, 0.1) is 0 Å². The van der Waals surface area contributed by atoms with Gasteiger partial charge >= 0.3 is 6.03 Å². The van der Waals surface area contributed by atoms with Gasteiger partial charge in [0.2, 0.25) is 0 Å². The minimum atomic E-state index is -0.230. The van der Waals surface area contributed by atoms with Crippen molar-refractivity contribution in [2.75, 3.05) is 36.4 Å². The van der Waals surface area contributed by atoms with Crippen LogP contribution in [0.3, 0.4) is 0 Å². The Kier molecular flexibility index (Phi) is 6.22. The first-order chi connectivity index (χ1) is 13.4. The molecule has 5 heteroatoms. The van der Waals surface area contributed by atoms with Crippen molar-refractivity contribution in [1.82, 2.24) is 4.90 Å². The van der Waals surface area contributed by atoms with Crippen LogP contribution in [0.4, 0.5) is 20.6 Å². The summed E-state index contributed by atoms with van der Waals surface area (Å²) >= 11 is 0. The van der Waals surface area contributed by atoms with Crippen LogP contribution in [0, 0.1) is 5.82 Å². The number of rotatable bonds is 4. The smallest absolute Gasteiger partial charge is 0.321 e. The predicted molar refractivity (Wildman–Crippen MR) is 114 cm³/mol. The maximum Gasteiger partial charge on any atom is 0.321 e. The monoisotopic (exact) mass is 383 g/mol. The molecule has 1 heterocycles. The third-order valence-corrected chi connectivity index (χ3v) is 5.36. The van der Waals surface area contributed by atoms with Crippen molar-refractivity contribution >= 4 is 17.4 Å². The second kappa shape index (κ2) is 8.63. The number of carbonyl (C=O) groups excluding carboxylic acids is 1. The van der Waals surface area contributed by atoms with E-state index in [0.29, 0.717) is 24.9 Å². The number of hydrogen-bond donors (Lipinski definition) is 1. The zero-order valence-corrected chi connectivity index (χ0v) is 17.2. The van der Waals surface area contributed by atoms with Crippen LogP contribution in [0.5, 0.6) is 0 Å². The van der Waals surface area contributed by atoms with Crippen molar-refractivity contribution in [3.05, 3.63) is 59.4 Å². The highest BCUT2D eigenvalue weighted by molar-refractivity contribution is 5.91. The predicted octanol–water partition coefficient (Wildman–Crippen LogP) is 5.43. The molecule has 28 heavy (non-hydrogen) atoms. The molecule has 3 rings (SSSR count). The number of halogens is 1. The normalized spacial score (nSPS) is 14.7. The molecule has 0 saturated carbocycles. The van der Waals surface area contributed by atoms with Gasteiger partial charge in [-0.05, 0) is 47.2 Å². The van der Waals surface area contributed by atoms with E-state index in [9.17, 15) is 9.18 Å². The molecule has 0 bridgehead atoms. The molecule has 0 atom stereocenters. The Morgan fingerprint density at radius 1 is 0.893 bits per heavy atom. The quantitative estimate of drug-likeness (QED) is 0.764. The van der Waals surface area contributed by atoms with Gasteiger partial charge < -0.3 is 15.1 Å². The molecule has 0 aromatic heterocycles. The number of para-hydroxylation sites is 1. The Labute approximate surface area is 167 Å². The van der Waals surface area contributed by atoms with E-state index in [0.717, 1.165) is 24.5 Å². The van der Waals surface area contributed by atoms with Gasteiger partial charge in [0, 0.05) is 37.6 Å². The molecule has 4 nitrogen and oxygen atoms in total. The first kappa shape index (κ1) is 20.2. The lowest BCUT2D eigenvalue weighted by Crippen LogP contribution is -2.50. The summed E-state index contributed by atoms with van der Waals surface area (Å²) in [5.74, 6) is 0.445. The zero-order valence-electron chi connectivity index (χ0n) is 17.2. The van der Waals surface area contributed by atoms with Gasteiger partial charge in [-0.2, -0.15) is 0 Å². The summed E-state index contributed by atoms with van der Waals surface area (Å²) in [6.45, 7) is 11.4. The first-order valence-electron chi connectivity index (χ1n) is 10.1. The third-order valence-electron chi connectivity index (χ3n) is 5.36. The number of benzene rings is 2. The Hall–Kier alpha value is -2.56. The fourth-order valence-electron chi connectivity index (χ4n) is 3.70. The lowest BCUT2D eigenvalue weighted by Gasteiger charge is -2.36. The molecule has 1 saturated heterocycles. The molecule has 1 aliphatic heterocycles. The fraction of sp³-hybridized carbons (Fsp3) is 0.435. The van der Waals surface area contributed by atoms with E-state index in [2.05, 4.69) is 56.1 Å². The second-order valence-corrected chi connectivity index (χ2v) is 8.00. The third kappa shape index (κ3) is 4.46. The van der Waals surface area contributed by atoms with Crippen molar-refractivity contribution in [1.29, 1.82) is 0 Å². The molecule has 2 amide bonds. The maximum atomic E-state index is 13.1. The van der Waals surface area contributed by atoms with Crippen molar-refractivity contribution in [2.45, 2.75) is 39.5 Å². The van der Waals surface area contributed by atoms with E-state index in [-0.39, 0.29) is 11.8 Å². The van der Waals surface area contributed by atoms with Crippen LogP contribution in [0.1, 0.15) is 50.7 Å². The van der Waals surface area contributed by atoms with Crippen LogP contribution in [0.15, 0.2) is 42.5 Å². The number of nitrogens with one attached hydrogen (secondary N) is 1. The van der Waals surface area contributed by atoms with Gasteiger partial charge in [0.25, 0.3) is 0 Å². The number of urea groups is 1. The van der Waals surface area contributed by atoms with Crippen molar-refractivity contribution in [3.63, 3.8) is 0 Å². The molecule has 1 fully saturated rings. The number of nitrogens with zero attached hydrogens (tertiary/aromatic N) is 2. The SMILES string of the molecule is CC(C)c1cccc(C(C)C)c1NC(=O)N1CCN(c2ccc(F)cc2)CC1. The average Bonchev–Trinajstić information content (AvgIpc) is 2.68. The molecule has 0 unspecified atom stereocenters. The van der Waals surface area contributed by atoms with Crippen molar-refractivity contribution in [3.8, 4) is 0 Å². The van der Waals surface area contributed by atoms with Gasteiger partial charge in [-0.25, -0.2) is 9.18 Å². The Balaban J connectivity index is 1.69. The van der Waals surface area contributed by atoms with Crippen molar-refractivity contribution in [2.24, 2.45) is 0 Å². The van der Waals surface area contributed by atoms with Gasteiger partial charge in [-0.15, -0.1) is 0 Å². The summed E-state index contributed by atoms with van der Waals surface area (Å²) in [4.78, 5) is 17.0. The van der Waals surface area contributed by atoms with Crippen molar-refractivity contribution < 1.29 is 9.18 Å². The summed E-state index contributed by atoms with van der Waals surface area (Å²) in [7, 11) is 0. The first-order valence-corrected chi connectivity index (χ1v) is 10.1. The van der Waals surface area contributed by atoms with E-state index >= 15 is 0 Å². The number of piperazine rings is 1. The van der Waals surface area contributed by atoms with Crippen LogP contribution >= 0.6 is 0 Å². The number of anilines is 2. The van der Waals surface area contributed by atoms with E-state index in [4.69, 9.17) is 0 Å². The van der Waals surface area contributed by atoms with E-state index in [1.165, 1.54) is 23.3 Å². The van der Waals surface area contributed by atoms with Gasteiger partial charge in [-0.1, -0.05) is 45.9 Å². The molecular weight excluding hydrogens is 353 g/mol. The summed E-state index contributed by atoms with van der Waals surface area (Å²) in [6.07, 6.45) is 0. The zero-order chi connectivity index (χ0) is 20.3. The lowest BCUT2D eigenvalue weighted by atomic mass is 9.93. The summed E-state index contributed by atoms with van der Waals surface area (Å²) in [5.41, 5.74) is 4.29. The number of amides is 2. The molecular formula is C23H30FN3O. The van der Waals surface area contributed by atoms with E-state index < -0.39 is 0 Å². The Bertz CT molecular complexity index is 783. The standard InChI is InChI=1S/C23H30FN3O/c1-16(2)20-6-5-7-21(17(3)4)22(20)25-23(28)27-14-12-26(13-15-27)19-10-8-18(24)9-11-19/h5-11,16-17H,12-15H2,1-4H3,(H,25,28). The Morgan fingerprint density at radius 3 is 1.93 bits per heavy atom. The lowest BCUT2D eigenvalue weighted by molar-refractivity contribution is 0.208. The summed E-state index contributed by atoms with van der Waals surface area (Å²) in [6, 6.07) is 12.8. The van der Waals surface area contributed by atoms with E-state index in [1.807, 2.05) is 4.90 Å². The highest BCUT2D eigenvalue weighted by Crippen LogP contribution is 2.32. The molecule has 1 N–H and O–H groups in total. The van der Waals surface area contributed by atoms with Gasteiger partial charge in [0.1, 0.15) is 5.82 Å². The molecule has 0 spiro atoms. The summed E-state index contributed by atoms with van der Waals surface area (Å²) in [5, 5.41) is 3.19. The maximum absolute atomic E-state index is 13.1. The highest BCUT2D eigenvalue weighted by Gasteiger charge is 2.23. The molecule has 0 aliphatic carbocycles. The van der Waals surface area contributed by atoms with Crippen LogP contribution in [0.2, 0.25) is 0 Å². The molecule has 0 radical (unpaired) electrons. The number of carbonyl (C=O) groups is 1. The summed E-state index contributed by atoms with van der Waals surface area (Å²) < 4.78 is 13.1. The van der Waals surface area contributed by atoms with Crippen LogP contribution in [-0.4, -0.2) is 37.1 Å². The van der Waals surface area contributed by atoms with Crippen LogP contribution in [0.25, 0.3) is 0 Å². The largest absolute Gasteiger partial charge is 0.368 e. The second-order valence-electron chi connectivity index (χ2n) is 8.00. The topological polar surface area (TPSA) is 35.6 Å². The fourth-order valence-corrected chi connectivity index (χ4v) is 3.70. The Morgan fingerprint density at radius 2 is 1.43 bits per heavy atom. The van der Waals surface area contributed by atoms with Crippen LogP contribution in [-0.2, 0) is 0 Å². The molecule has 2 aromatic rings. The minimum absolute atomic E-state index is 0.0474. The average molecular weight is 384 g/mol. The van der Waals surface area contributed by atoms with Gasteiger partial charge in [-0.3, -0.25) is 0 Å².